The summed E-state index contributed by atoms with van der Waals surface area (Å²) in [5.41, 5.74) is 8.10. The van der Waals surface area contributed by atoms with Crippen LogP contribution in [0.4, 0.5) is 0 Å². The molecule has 4 aromatic carbocycles. The van der Waals surface area contributed by atoms with Crippen LogP contribution in [0.25, 0.3) is 39.3 Å². The van der Waals surface area contributed by atoms with Crippen molar-refractivity contribution in [3.63, 3.8) is 0 Å². The van der Waals surface area contributed by atoms with Crippen LogP contribution < -0.4 is 23.2 Å². The van der Waals surface area contributed by atoms with Gasteiger partial charge in [-0.2, -0.15) is 4.57 Å². The molecule has 0 radical (unpaired) electrons. The Morgan fingerprint density at radius 3 is 1.56 bits per heavy atom. The van der Waals surface area contributed by atoms with Gasteiger partial charge in [0.2, 0.25) is 17.1 Å². The first-order valence-electron chi connectivity index (χ1n) is 11.8. The molecule has 8 heteroatoms. The first-order valence-corrected chi connectivity index (χ1v) is 13.1. The van der Waals surface area contributed by atoms with Crippen LogP contribution in [0.1, 0.15) is 15.9 Å². The maximum atomic E-state index is 12.2. The van der Waals surface area contributed by atoms with Gasteiger partial charge in [-0.15, -0.1) is 10.2 Å². The number of rotatable bonds is 5. The Hall–Kier alpha value is -4.37. The summed E-state index contributed by atoms with van der Waals surface area (Å²) in [4.78, 5) is 12.2. The largest absolute Gasteiger partial charge is 0.477 e. The Bertz CT molecular complexity index is 1560. The number of carboxylic acids is 1. The maximum absolute atomic E-state index is 12.2. The van der Waals surface area contributed by atoms with E-state index >= 15 is 0 Å². The molecule has 1 N–H and O–H groups in total. The SMILES string of the molecule is Cc1ccc(-c2cc(-c3ccccc3)cc(-c3ccccc3)[n+]2-c2ccccc2C(=O)O)cc1.[O-][Cl+3]([O-])([O-])[O-]. The molecule has 0 aliphatic carbocycles. The highest BCUT2D eigenvalue weighted by molar-refractivity contribution is 5.91. The molecule has 1 heterocycles. The van der Waals surface area contributed by atoms with Gasteiger partial charge >= 0.3 is 5.97 Å². The molecule has 0 fully saturated rings. The molecule has 0 saturated carbocycles. The first-order chi connectivity index (χ1) is 18.6. The van der Waals surface area contributed by atoms with Crippen LogP contribution in [0.2, 0.25) is 0 Å². The monoisotopic (exact) mass is 541 g/mol. The van der Waals surface area contributed by atoms with Crippen LogP contribution in [0.15, 0.2) is 121 Å². The van der Waals surface area contributed by atoms with Crippen molar-refractivity contribution < 1.29 is 43.3 Å². The number of hydrogen-bond acceptors (Lipinski definition) is 5. The molecule has 0 atom stereocenters. The van der Waals surface area contributed by atoms with Crippen molar-refractivity contribution in [2.24, 2.45) is 0 Å². The van der Waals surface area contributed by atoms with E-state index < -0.39 is 16.2 Å². The number of benzene rings is 4. The van der Waals surface area contributed by atoms with E-state index in [1.807, 2.05) is 48.5 Å². The predicted molar refractivity (Wildman–Crippen MR) is 136 cm³/mol. The summed E-state index contributed by atoms with van der Waals surface area (Å²) in [5.74, 6) is -0.955. The molecule has 5 aromatic rings. The molecule has 0 saturated heterocycles. The van der Waals surface area contributed by atoms with Crippen molar-refractivity contribution in [1.29, 1.82) is 0 Å². The molecule has 5 rings (SSSR count). The van der Waals surface area contributed by atoms with Crippen molar-refractivity contribution in [3.8, 4) is 39.3 Å². The lowest BCUT2D eigenvalue weighted by molar-refractivity contribution is -2.00. The Labute approximate surface area is 227 Å². The fraction of sp³-hybridized carbons (Fsp3) is 0.0323. The number of carboxylic acid groups (broad SMARTS) is 1. The first kappa shape index (κ1) is 27.7. The standard InChI is InChI=1S/C31H23NO2.ClHO4/c1-22-16-18-25(19-17-22)30-21-26(23-10-4-2-5-11-23)20-29(24-12-6-3-7-13-24)32(30)28-15-9-8-14-27(28)31(33)34;2-1(3,4)5/h2-21H,1H3;(H,2,3,4,5). The van der Waals surface area contributed by atoms with E-state index in [-0.39, 0.29) is 5.56 Å². The highest BCUT2D eigenvalue weighted by Gasteiger charge is 2.28. The summed E-state index contributed by atoms with van der Waals surface area (Å²) in [6, 6.07) is 40.2. The lowest BCUT2D eigenvalue weighted by Crippen LogP contribution is -2.68. The molecule has 0 unspecified atom stereocenters. The Balaban J connectivity index is 0.000000648. The van der Waals surface area contributed by atoms with E-state index in [0.717, 1.165) is 33.6 Å². The van der Waals surface area contributed by atoms with E-state index in [0.29, 0.717) is 5.69 Å². The zero-order valence-corrected chi connectivity index (χ0v) is 21.6. The smallest absolute Gasteiger partial charge is 0.342 e. The number of pyridine rings is 1. The van der Waals surface area contributed by atoms with Gasteiger partial charge in [-0.25, -0.2) is 23.4 Å². The van der Waals surface area contributed by atoms with E-state index in [9.17, 15) is 9.90 Å². The zero-order chi connectivity index (χ0) is 28.0. The molecule has 1 aromatic heterocycles. The van der Waals surface area contributed by atoms with Gasteiger partial charge in [-0.3, -0.25) is 0 Å². The van der Waals surface area contributed by atoms with Crippen molar-refractivity contribution in [2.75, 3.05) is 0 Å². The van der Waals surface area contributed by atoms with Gasteiger partial charge < -0.3 is 5.11 Å². The molecule has 0 amide bonds. The fourth-order valence-electron chi connectivity index (χ4n) is 4.26. The average molecular weight is 542 g/mol. The van der Waals surface area contributed by atoms with Crippen molar-refractivity contribution >= 4 is 5.97 Å². The molecule has 0 aliphatic heterocycles. The van der Waals surface area contributed by atoms with Crippen LogP contribution in [-0.2, 0) is 0 Å². The molecule has 0 bridgehead atoms. The topological polar surface area (TPSA) is 133 Å². The second-order valence-electron chi connectivity index (χ2n) is 8.65. The molecule has 0 aliphatic rings. The molecule has 196 valence electrons. The Morgan fingerprint density at radius 1 is 0.615 bits per heavy atom. The zero-order valence-electron chi connectivity index (χ0n) is 20.9. The number of para-hydroxylation sites is 1. The minimum absolute atomic E-state index is 0.255. The van der Waals surface area contributed by atoms with Crippen LogP contribution in [-0.4, -0.2) is 11.1 Å². The van der Waals surface area contributed by atoms with Crippen molar-refractivity contribution in [1.82, 2.24) is 0 Å². The summed E-state index contributed by atoms with van der Waals surface area (Å²) >= 11 is 0. The highest BCUT2D eigenvalue weighted by Crippen LogP contribution is 2.31. The lowest BCUT2D eigenvalue weighted by Gasteiger charge is -2.17. The quantitative estimate of drug-likeness (QED) is 0.339. The van der Waals surface area contributed by atoms with Gasteiger partial charge in [0.1, 0.15) is 5.56 Å². The Morgan fingerprint density at radius 2 is 1.05 bits per heavy atom. The van der Waals surface area contributed by atoms with Crippen LogP contribution in [0.5, 0.6) is 0 Å². The number of aryl methyl sites for hydroxylation is 1. The van der Waals surface area contributed by atoms with Gasteiger partial charge in [-0.05, 0) is 48.4 Å². The summed E-state index contributed by atoms with van der Waals surface area (Å²) in [7, 11) is -4.94. The van der Waals surface area contributed by atoms with Gasteiger partial charge in [0.05, 0.1) is 0 Å². The van der Waals surface area contributed by atoms with Gasteiger partial charge in [0.15, 0.2) is 0 Å². The summed E-state index contributed by atoms with van der Waals surface area (Å²) in [6.07, 6.45) is 0. The Kier molecular flexibility index (Phi) is 8.51. The van der Waals surface area contributed by atoms with E-state index in [1.165, 1.54) is 5.56 Å². The lowest BCUT2D eigenvalue weighted by atomic mass is 9.97. The number of aromatic nitrogens is 1. The number of aromatic carboxylic acids is 1. The minimum Gasteiger partial charge on any atom is -0.477 e. The second kappa shape index (κ2) is 12.0. The number of halogens is 1. The third-order valence-electron chi connectivity index (χ3n) is 5.97. The van der Waals surface area contributed by atoms with Gasteiger partial charge in [-0.1, -0.05) is 78.4 Å². The summed E-state index contributed by atoms with van der Waals surface area (Å²) in [6.45, 7) is 2.06. The van der Waals surface area contributed by atoms with Gasteiger partial charge in [0, 0.05) is 29.3 Å². The predicted octanol–water partition coefficient (Wildman–Crippen LogP) is 2.21. The van der Waals surface area contributed by atoms with Crippen molar-refractivity contribution in [2.45, 2.75) is 6.92 Å². The van der Waals surface area contributed by atoms with E-state index in [4.69, 9.17) is 18.6 Å². The third-order valence-corrected chi connectivity index (χ3v) is 5.97. The average Bonchev–Trinajstić information content (AvgIpc) is 2.93. The van der Waals surface area contributed by atoms with Crippen molar-refractivity contribution in [3.05, 3.63) is 132 Å². The normalized spacial score (nSPS) is 10.9. The third kappa shape index (κ3) is 7.14. The van der Waals surface area contributed by atoms with E-state index in [1.54, 1.807) is 12.1 Å². The molecule has 0 spiro atoms. The maximum Gasteiger partial charge on any atom is 0.342 e. The van der Waals surface area contributed by atoms with Gasteiger partial charge in [0.25, 0.3) is 0 Å². The molecular weight excluding hydrogens is 518 g/mol. The molecule has 7 nitrogen and oxygen atoms in total. The second-order valence-corrected chi connectivity index (χ2v) is 9.40. The van der Waals surface area contributed by atoms with Crippen LogP contribution in [0.3, 0.4) is 0 Å². The highest BCUT2D eigenvalue weighted by atomic mass is 35.7. The van der Waals surface area contributed by atoms with E-state index in [2.05, 4.69) is 72.2 Å². The summed E-state index contributed by atoms with van der Waals surface area (Å²) in [5, 5.41) is 10.0. The molecule has 39 heavy (non-hydrogen) atoms. The summed E-state index contributed by atoms with van der Waals surface area (Å²) < 4.78 is 36.0. The number of nitrogens with zero attached hydrogens (tertiary/aromatic N) is 1. The fourth-order valence-corrected chi connectivity index (χ4v) is 4.26. The van der Waals surface area contributed by atoms with Crippen LogP contribution in [0, 0.1) is 17.2 Å². The minimum atomic E-state index is -4.94. The van der Waals surface area contributed by atoms with Crippen LogP contribution >= 0.6 is 0 Å². The molecular formula is C31H24ClNO6. The number of carbonyl (C=O) groups is 1. The number of hydrogen-bond donors (Lipinski definition) is 1.